The van der Waals surface area contributed by atoms with Gasteiger partial charge in [0.2, 0.25) is 0 Å². The maximum atomic E-state index is 11.6. The second-order valence-corrected chi connectivity index (χ2v) is 6.07. The van der Waals surface area contributed by atoms with E-state index in [1.807, 2.05) is 0 Å². The van der Waals surface area contributed by atoms with Gasteiger partial charge < -0.3 is 9.84 Å². The summed E-state index contributed by atoms with van der Waals surface area (Å²) in [4.78, 5) is 11.6. The highest BCUT2D eigenvalue weighted by Crippen LogP contribution is 2.40. The van der Waals surface area contributed by atoms with Crippen molar-refractivity contribution in [3.8, 4) is 0 Å². The molecule has 0 aromatic heterocycles. The van der Waals surface area contributed by atoms with Gasteiger partial charge in [-0.3, -0.25) is 10.1 Å². The Bertz CT molecular complexity index is 277. The topological polar surface area (TPSA) is 58.6 Å². The lowest BCUT2D eigenvalue weighted by Gasteiger charge is -2.30. The van der Waals surface area contributed by atoms with Gasteiger partial charge in [-0.15, -0.1) is 0 Å². The Balaban J connectivity index is 2.42. The van der Waals surface area contributed by atoms with Gasteiger partial charge in [-0.2, -0.15) is 0 Å². The molecular weight excluding hydrogens is 242 g/mol. The Hall–Kier alpha value is -0.610. The molecule has 0 spiro atoms. The molecule has 0 radical (unpaired) electrons. The Morgan fingerprint density at radius 3 is 2.63 bits per heavy atom. The second-order valence-electron chi connectivity index (χ2n) is 6.07. The van der Waals surface area contributed by atoms with E-state index in [9.17, 15) is 9.90 Å². The number of carbonyl (C=O) groups is 1. The molecule has 4 nitrogen and oxygen atoms in total. The summed E-state index contributed by atoms with van der Waals surface area (Å²) in [6.45, 7) is 8.12. The molecule has 1 atom stereocenters. The summed E-state index contributed by atoms with van der Waals surface area (Å²) in [6, 6.07) is 0. The van der Waals surface area contributed by atoms with Gasteiger partial charge in [0.1, 0.15) is 5.54 Å². The quantitative estimate of drug-likeness (QED) is 0.567. The third kappa shape index (κ3) is 5.11. The molecule has 19 heavy (non-hydrogen) atoms. The zero-order chi connectivity index (χ0) is 14.3. The SMILES string of the molecule is CCCNC(COCCCC(C)C)(C(=O)O)C1CC1. The van der Waals surface area contributed by atoms with Gasteiger partial charge in [-0.05, 0) is 50.5 Å². The molecule has 1 rings (SSSR count). The molecule has 0 amide bonds. The first-order chi connectivity index (χ1) is 9.03. The Kier molecular flexibility index (Phi) is 6.80. The smallest absolute Gasteiger partial charge is 0.326 e. The molecule has 1 aliphatic carbocycles. The highest BCUT2D eigenvalue weighted by molar-refractivity contribution is 5.80. The van der Waals surface area contributed by atoms with Gasteiger partial charge in [0.25, 0.3) is 0 Å². The summed E-state index contributed by atoms with van der Waals surface area (Å²) < 4.78 is 5.67. The van der Waals surface area contributed by atoms with Crippen LogP contribution in [0.2, 0.25) is 0 Å². The molecule has 0 aromatic carbocycles. The highest BCUT2D eigenvalue weighted by atomic mass is 16.5. The maximum Gasteiger partial charge on any atom is 0.326 e. The number of nitrogens with one attached hydrogen (secondary N) is 1. The molecule has 2 N–H and O–H groups in total. The van der Waals surface area contributed by atoms with Crippen molar-refractivity contribution in [2.45, 2.75) is 58.4 Å². The minimum atomic E-state index is -0.853. The largest absolute Gasteiger partial charge is 0.480 e. The standard InChI is InChI=1S/C15H29NO3/c1-4-9-16-15(14(17)18,13-7-8-13)11-19-10-5-6-12(2)3/h12-13,16H,4-11H2,1-3H3,(H,17,18). The van der Waals surface area contributed by atoms with Crippen molar-refractivity contribution in [2.24, 2.45) is 11.8 Å². The van der Waals surface area contributed by atoms with Crippen LogP contribution < -0.4 is 5.32 Å². The number of rotatable bonds is 11. The molecule has 0 saturated heterocycles. The molecule has 0 aromatic rings. The Labute approximate surface area is 116 Å². The number of carboxylic acid groups (broad SMARTS) is 1. The van der Waals surface area contributed by atoms with Gasteiger partial charge >= 0.3 is 5.97 Å². The van der Waals surface area contributed by atoms with E-state index in [1.54, 1.807) is 0 Å². The van der Waals surface area contributed by atoms with Gasteiger partial charge in [0.05, 0.1) is 6.61 Å². The van der Waals surface area contributed by atoms with Crippen LogP contribution in [0.5, 0.6) is 0 Å². The van der Waals surface area contributed by atoms with Gasteiger partial charge in [0.15, 0.2) is 0 Å². The molecule has 112 valence electrons. The lowest BCUT2D eigenvalue weighted by atomic mass is 9.94. The van der Waals surface area contributed by atoms with Crippen molar-refractivity contribution < 1.29 is 14.6 Å². The van der Waals surface area contributed by atoms with Crippen LogP contribution in [-0.4, -0.2) is 36.4 Å². The summed E-state index contributed by atoms with van der Waals surface area (Å²) in [5.41, 5.74) is -0.853. The van der Waals surface area contributed by atoms with Crippen LogP contribution in [-0.2, 0) is 9.53 Å². The summed E-state index contributed by atoms with van der Waals surface area (Å²) in [7, 11) is 0. The first-order valence-corrected chi connectivity index (χ1v) is 7.59. The summed E-state index contributed by atoms with van der Waals surface area (Å²) in [6.07, 6.45) is 5.07. The fraction of sp³-hybridized carbons (Fsp3) is 0.933. The lowest BCUT2D eigenvalue weighted by molar-refractivity contribution is -0.149. The predicted molar refractivity (Wildman–Crippen MR) is 76.3 cm³/mol. The van der Waals surface area contributed by atoms with E-state index in [1.165, 1.54) is 0 Å². The van der Waals surface area contributed by atoms with Crippen molar-refractivity contribution in [1.29, 1.82) is 0 Å². The molecule has 0 heterocycles. The summed E-state index contributed by atoms with van der Waals surface area (Å²) in [5, 5.41) is 12.8. The van der Waals surface area contributed by atoms with E-state index in [4.69, 9.17) is 4.74 Å². The fourth-order valence-electron chi connectivity index (χ4n) is 2.38. The van der Waals surface area contributed by atoms with Crippen LogP contribution in [0.15, 0.2) is 0 Å². The Morgan fingerprint density at radius 1 is 1.47 bits per heavy atom. The van der Waals surface area contributed by atoms with E-state index in [0.717, 1.165) is 38.6 Å². The number of ether oxygens (including phenoxy) is 1. The zero-order valence-corrected chi connectivity index (χ0v) is 12.6. The molecule has 1 aliphatic rings. The van der Waals surface area contributed by atoms with Crippen molar-refractivity contribution in [2.75, 3.05) is 19.8 Å². The minimum absolute atomic E-state index is 0.238. The molecular formula is C15H29NO3. The van der Waals surface area contributed by atoms with E-state index in [-0.39, 0.29) is 5.92 Å². The van der Waals surface area contributed by atoms with Crippen LogP contribution in [0, 0.1) is 11.8 Å². The van der Waals surface area contributed by atoms with E-state index in [2.05, 4.69) is 26.1 Å². The van der Waals surface area contributed by atoms with Gasteiger partial charge in [-0.25, -0.2) is 0 Å². The van der Waals surface area contributed by atoms with Crippen molar-refractivity contribution in [3.63, 3.8) is 0 Å². The maximum absolute atomic E-state index is 11.6. The van der Waals surface area contributed by atoms with Crippen molar-refractivity contribution in [3.05, 3.63) is 0 Å². The third-order valence-corrected chi connectivity index (χ3v) is 3.75. The van der Waals surface area contributed by atoms with Crippen LogP contribution in [0.3, 0.4) is 0 Å². The van der Waals surface area contributed by atoms with Crippen LogP contribution in [0.25, 0.3) is 0 Å². The highest BCUT2D eigenvalue weighted by Gasteiger charge is 2.51. The number of aliphatic carboxylic acids is 1. The van der Waals surface area contributed by atoms with Crippen LogP contribution in [0.4, 0.5) is 0 Å². The number of hydrogen-bond acceptors (Lipinski definition) is 3. The second kappa shape index (κ2) is 7.85. The number of carboxylic acids is 1. The average molecular weight is 271 g/mol. The normalized spacial score (nSPS) is 18.5. The van der Waals surface area contributed by atoms with Gasteiger partial charge in [0, 0.05) is 6.61 Å². The fourth-order valence-corrected chi connectivity index (χ4v) is 2.38. The first-order valence-electron chi connectivity index (χ1n) is 7.59. The molecule has 0 bridgehead atoms. The number of hydrogen-bond donors (Lipinski definition) is 2. The lowest BCUT2D eigenvalue weighted by Crippen LogP contribution is -2.57. The average Bonchev–Trinajstić information content (AvgIpc) is 3.16. The molecule has 0 aliphatic heterocycles. The molecule has 1 unspecified atom stereocenters. The third-order valence-electron chi connectivity index (χ3n) is 3.75. The summed E-state index contributed by atoms with van der Waals surface area (Å²) in [5.74, 6) is 0.156. The minimum Gasteiger partial charge on any atom is -0.480 e. The Morgan fingerprint density at radius 2 is 2.16 bits per heavy atom. The van der Waals surface area contributed by atoms with Gasteiger partial charge in [-0.1, -0.05) is 20.8 Å². The first kappa shape index (κ1) is 16.4. The van der Waals surface area contributed by atoms with E-state index in [0.29, 0.717) is 19.1 Å². The monoisotopic (exact) mass is 271 g/mol. The summed E-state index contributed by atoms with van der Waals surface area (Å²) >= 11 is 0. The predicted octanol–water partition coefficient (Wildman–Crippen LogP) is 2.67. The molecule has 1 fully saturated rings. The zero-order valence-electron chi connectivity index (χ0n) is 12.6. The van der Waals surface area contributed by atoms with Crippen molar-refractivity contribution >= 4 is 5.97 Å². The van der Waals surface area contributed by atoms with Crippen molar-refractivity contribution in [1.82, 2.24) is 5.32 Å². The van der Waals surface area contributed by atoms with E-state index >= 15 is 0 Å². The van der Waals surface area contributed by atoms with Crippen LogP contribution >= 0.6 is 0 Å². The van der Waals surface area contributed by atoms with Crippen LogP contribution in [0.1, 0.15) is 52.9 Å². The molecule has 4 heteroatoms. The van der Waals surface area contributed by atoms with E-state index < -0.39 is 11.5 Å². The molecule has 1 saturated carbocycles.